The maximum absolute atomic E-state index is 12.1. The van der Waals surface area contributed by atoms with E-state index in [0.29, 0.717) is 6.42 Å². The summed E-state index contributed by atoms with van der Waals surface area (Å²) in [6, 6.07) is 8.18. The Morgan fingerprint density at radius 1 is 1.56 bits per heavy atom. The van der Waals surface area contributed by atoms with Crippen molar-refractivity contribution in [2.75, 3.05) is 26.5 Å². The van der Waals surface area contributed by atoms with Crippen LogP contribution in [0.3, 0.4) is 0 Å². The summed E-state index contributed by atoms with van der Waals surface area (Å²) in [5, 5.41) is 0. The largest absolute Gasteiger partial charge is 0.380 e. The minimum absolute atomic E-state index is 0.202. The fraction of sp³-hybridized carbons (Fsp3) is 0.500. The molecule has 1 unspecified atom stereocenters. The van der Waals surface area contributed by atoms with Crippen LogP contribution in [0.15, 0.2) is 29.2 Å². The van der Waals surface area contributed by atoms with Crippen molar-refractivity contribution in [1.29, 1.82) is 0 Å². The zero-order valence-electron chi connectivity index (χ0n) is 10.9. The molecule has 0 spiro atoms. The number of likely N-dealkylation sites (tertiary alicyclic amines) is 1. The number of methoxy groups -OCH3 is 1. The molecule has 98 valence electrons. The van der Waals surface area contributed by atoms with Crippen LogP contribution in [0.2, 0.25) is 0 Å². The molecule has 0 aromatic heterocycles. The maximum Gasteiger partial charge on any atom is 0.227 e. The van der Waals surface area contributed by atoms with Crippen molar-refractivity contribution in [2.24, 2.45) is 0 Å². The van der Waals surface area contributed by atoms with Gasteiger partial charge in [-0.25, -0.2) is 0 Å². The number of nitrogens with zero attached hydrogens (tertiary/aromatic N) is 1. The number of hydrogen-bond acceptors (Lipinski definition) is 3. The molecule has 1 amide bonds. The molecule has 1 fully saturated rings. The van der Waals surface area contributed by atoms with E-state index >= 15 is 0 Å². The van der Waals surface area contributed by atoms with Crippen LogP contribution in [0.5, 0.6) is 0 Å². The zero-order chi connectivity index (χ0) is 13.0. The number of thioether (sulfide) groups is 1. The molecule has 0 radical (unpaired) electrons. The van der Waals surface area contributed by atoms with Gasteiger partial charge in [-0.1, -0.05) is 12.1 Å². The third-order valence-electron chi connectivity index (χ3n) is 3.32. The lowest BCUT2D eigenvalue weighted by Gasteiger charge is -2.16. The average Bonchev–Trinajstić information content (AvgIpc) is 2.88. The van der Waals surface area contributed by atoms with Gasteiger partial charge in [0.1, 0.15) is 0 Å². The number of amides is 1. The Labute approximate surface area is 113 Å². The quantitative estimate of drug-likeness (QED) is 0.782. The maximum atomic E-state index is 12.1. The standard InChI is InChI=1S/C14H19NO2S/c1-17-12-6-7-15(10-12)14(16)9-11-4-3-5-13(8-11)18-2/h3-5,8,12H,6-7,9-10H2,1-2H3. The van der Waals surface area contributed by atoms with Crippen LogP contribution in [-0.2, 0) is 16.0 Å². The summed E-state index contributed by atoms with van der Waals surface area (Å²) in [7, 11) is 1.71. The van der Waals surface area contributed by atoms with Crippen molar-refractivity contribution < 1.29 is 9.53 Å². The Morgan fingerprint density at radius 3 is 3.06 bits per heavy atom. The zero-order valence-corrected chi connectivity index (χ0v) is 11.7. The summed E-state index contributed by atoms with van der Waals surface area (Å²) in [6.07, 6.45) is 3.70. The molecule has 0 aliphatic carbocycles. The van der Waals surface area contributed by atoms with Crippen LogP contribution < -0.4 is 0 Å². The van der Waals surface area contributed by atoms with Gasteiger partial charge in [-0.15, -0.1) is 11.8 Å². The fourth-order valence-electron chi connectivity index (χ4n) is 2.22. The first-order chi connectivity index (χ1) is 8.72. The molecule has 0 N–H and O–H groups in total. The minimum Gasteiger partial charge on any atom is -0.380 e. The SMILES string of the molecule is COC1CCN(C(=O)Cc2cccc(SC)c2)C1. The van der Waals surface area contributed by atoms with E-state index in [1.54, 1.807) is 18.9 Å². The molecule has 2 rings (SSSR count). The fourth-order valence-corrected chi connectivity index (χ4v) is 2.70. The predicted molar refractivity (Wildman–Crippen MR) is 73.9 cm³/mol. The average molecular weight is 265 g/mol. The highest BCUT2D eigenvalue weighted by Gasteiger charge is 2.25. The van der Waals surface area contributed by atoms with Crippen LogP contribution in [0.25, 0.3) is 0 Å². The molecular formula is C14H19NO2S. The third-order valence-corrected chi connectivity index (χ3v) is 4.05. The Kier molecular flexibility index (Phi) is 4.66. The molecule has 1 saturated heterocycles. The second-order valence-corrected chi connectivity index (χ2v) is 5.39. The first-order valence-electron chi connectivity index (χ1n) is 6.16. The summed E-state index contributed by atoms with van der Waals surface area (Å²) >= 11 is 1.70. The number of rotatable bonds is 4. The smallest absolute Gasteiger partial charge is 0.227 e. The summed E-state index contributed by atoms with van der Waals surface area (Å²) < 4.78 is 5.28. The molecular weight excluding hydrogens is 246 g/mol. The van der Waals surface area contributed by atoms with Gasteiger partial charge in [0.05, 0.1) is 12.5 Å². The summed E-state index contributed by atoms with van der Waals surface area (Å²) in [6.45, 7) is 1.55. The topological polar surface area (TPSA) is 29.5 Å². The molecule has 4 heteroatoms. The van der Waals surface area contributed by atoms with E-state index in [-0.39, 0.29) is 12.0 Å². The van der Waals surface area contributed by atoms with Crippen molar-refractivity contribution in [2.45, 2.75) is 23.8 Å². The van der Waals surface area contributed by atoms with Crippen LogP contribution in [0, 0.1) is 0 Å². The van der Waals surface area contributed by atoms with Crippen LogP contribution in [-0.4, -0.2) is 43.4 Å². The summed E-state index contributed by atoms with van der Waals surface area (Å²) in [4.78, 5) is 15.2. The summed E-state index contributed by atoms with van der Waals surface area (Å²) in [5.74, 6) is 0.202. The Balaban J connectivity index is 1.94. The van der Waals surface area contributed by atoms with E-state index in [2.05, 4.69) is 12.1 Å². The van der Waals surface area contributed by atoms with Crippen LogP contribution >= 0.6 is 11.8 Å². The van der Waals surface area contributed by atoms with Crippen LogP contribution in [0.4, 0.5) is 0 Å². The number of ether oxygens (including phenoxy) is 1. The number of carbonyl (C=O) groups is 1. The lowest BCUT2D eigenvalue weighted by molar-refractivity contribution is -0.129. The van der Waals surface area contributed by atoms with Gasteiger partial charge >= 0.3 is 0 Å². The summed E-state index contributed by atoms with van der Waals surface area (Å²) in [5.41, 5.74) is 1.09. The molecule has 1 aliphatic heterocycles. The molecule has 1 heterocycles. The molecule has 0 saturated carbocycles. The van der Waals surface area contributed by atoms with Crippen molar-refractivity contribution in [3.8, 4) is 0 Å². The van der Waals surface area contributed by atoms with E-state index in [1.807, 2.05) is 23.3 Å². The molecule has 0 bridgehead atoms. The lowest BCUT2D eigenvalue weighted by atomic mass is 10.1. The van der Waals surface area contributed by atoms with Crippen molar-refractivity contribution in [3.05, 3.63) is 29.8 Å². The van der Waals surface area contributed by atoms with Gasteiger partial charge in [-0.05, 0) is 30.4 Å². The second-order valence-electron chi connectivity index (χ2n) is 4.51. The molecule has 1 aliphatic rings. The molecule has 3 nitrogen and oxygen atoms in total. The molecule has 1 aromatic carbocycles. The van der Waals surface area contributed by atoms with Gasteiger partial charge in [0, 0.05) is 25.1 Å². The van der Waals surface area contributed by atoms with Crippen molar-refractivity contribution >= 4 is 17.7 Å². The molecule has 1 atom stereocenters. The van der Waals surface area contributed by atoms with Gasteiger partial charge < -0.3 is 9.64 Å². The minimum atomic E-state index is 0.202. The monoisotopic (exact) mass is 265 g/mol. The van der Waals surface area contributed by atoms with Crippen molar-refractivity contribution in [3.63, 3.8) is 0 Å². The van der Waals surface area contributed by atoms with Gasteiger partial charge in [0.2, 0.25) is 5.91 Å². The number of hydrogen-bond donors (Lipinski definition) is 0. The van der Waals surface area contributed by atoms with Gasteiger partial charge in [-0.3, -0.25) is 4.79 Å². The van der Waals surface area contributed by atoms with E-state index in [4.69, 9.17) is 4.74 Å². The van der Waals surface area contributed by atoms with E-state index in [1.165, 1.54) is 4.90 Å². The Hall–Kier alpha value is -1.00. The van der Waals surface area contributed by atoms with Crippen LogP contribution in [0.1, 0.15) is 12.0 Å². The number of benzene rings is 1. The molecule has 1 aromatic rings. The highest BCUT2D eigenvalue weighted by molar-refractivity contribution is 7.98. The van der Waals surface area contributed by atoms with Gasteiger partial charge in [-0.2, -0.15) is 0 Å². The highest BCUT2D eigenvalue weighted by atomic mass is 32.2. The van der Waals surface area contributed by atoms with Crippen molar-refractivity contribution in [1.82, 2.24) is 4.90 Å². The van der Waals surface area contributed by atoms with E-state index < -0.39 is 0 Å². The lowest BCUT2D eigenvalue weighted by Crippen LogP contribution is -2.31. The number of carbonyl (C=O) groups excluding carboxylic acids is 1. The Bertz CT molecular complexity index is 422. The van der Waals surface area contributed by atoms with Gasteiger partial charge in [0.25, 0.3) is 0 Å². The normalized spacial score (nSPS) is 19.2. The van der Waals surface area contributed by atoms with E-state index in [0.717, 1.165) is 25.1 Å². The third kappa shape index (κ3) is 3.27. The van der Waals surface area contributed by atoms with Gasteiger partial charge in [0.15, 0.2) is 0 Å². The molecule has 18 heavy (non-hydrogen) atoms. The first kappa shape index (κ1) is 13.4. The predicted octanol–water partition coefficient (Wildman–Crippen LogP) is 2.20. The first-order valence-corrected chi connectivity index (χ1v) is 7.39. The van der Waals surface area contributed by atoms with E-state index in [9.17, 15) is 4.79 Å². The Morgan fingerprint density at radius 2 is 2.39 bits per heavy atom. The second kappa shape index (κ2) is 6.25. The highest BCUT2D eigenvalue weighted by Crippen LogP contribution is 2.18.